The number of rotatable bonds is 8. The molecule has 1 unspecified atom stereocenters. The Morgan fingerprint density at radius 3 is 2.69 bits per heavy atom. The Morgan fingerprint density at radius 2 is 2.08 bits per heavy atom. The molecule has 4 heterocycles. The molecule has 0 spiro atoms. The molecule has 2 aromatic heterocycles. The normalized spacial score (nSPS) is 17.5. The van der Waals surface area contributed by atoms with Crippen molar-refractivity contribution in [3.63, 3.8) is 0 Å². The number of anilines is 1. The van der Waals surface area contributed by atoms with E-state index in [1.165, 1.54) is 0 Å². The minimum absolute atomic E-state index is 0.0280. The second-order valence-electron chi connectivity index (χ2n) is 10.7. The zero-order valence-electron chi connectivity index (χ0n) is 23.2. The largest absolute Gasteiger partial charge is 0.367 e. The van der Waals surface area contributed by atoms with Crippen LogP contribution in [0.1, 0.15) is 71.5 Å². The van der Waals surface area contributed by atoms with Gasteiger partial charge in [-0.15, -0.1) is 0 Å². The maximum absolute atomic E-state index is 13.4. The van der Waals surface area contributed by atoms with Gasteiger partial charge < -0.3 is 31.2 Å². The van der Waals surface area contributed by atoms with Crippen LogP contribution in [0.3, 0.4) is 0 Å². The Hall–Kier alpha value is -3.79. The summed E-state index contributed by atoms with van der Waals surface area (Å²) in [4.78, 5) is 48.3. The molecule has 0 radical (unpaired) electrons. The molecule has 2 aliphatic rings. The van der Waals surface area contributed by atoms with E-state index in [2.05, 4.69) is 20.9 Å². The first-order valence-corrected chi connectivity index (χ1v) is 13.7. The van der Waals surface area contributed by atoms with Crippen molar-refractivity contribution in [3.05, 3.63) is 62.2 Å². The summed E-state index contributed by atoms with van der Waals surface area (Å²) in [7, 11) is 0. The van der Waals surface area contributed by atoms with Gasteiger partial charge in [0.1, 0.15) is 5.82 Å². The number of aryl methyl sites for hydroxylation is 2. The fraction of sp³-hybridized carbons (Fsp3) is 0.483. The third-order valence-corrected chi connectivity index (χ3v) is 7.29. The smallest absolute Gasteiger partial charge is 0.253 e. The topological polar surface area (TPSA) is 143 Å². The number of carbonyl (C=O) groups is 2. The lowest BCUT2D eigenvalue weighted by Crippen LogP contribution is -2.44. The fourth-order valence-corrected chi connectivity index (χ4v) is 5.22. The lowest BCUT2D eigenvalue weighted by molar-refractivity contribution is -0.135. The van der Waals surface area contributed by atoms with Gasteiger partial charge in [0.05, 0.1) is 17.2 Å². The van der Waals surface area contributed by atoms with E-state index in [9.17, 15) is 14.4 Å². The SMILES string of the molecule is Cc1cc(C)c(CNC(=O)c2cc(C3=CCN(C(=O)C4CCCNC4)CC3)nc(NC(C)C)c2C=N)c(=O)[nH]1. The minimum Gasteiger partial charge on any atom is -0.367 e. The quantitative estimate of drug-likeness (QED) is 0.330. The van der Waals surface area contributed by atoms with E-state index in [-0.39, 0.29) is 35.9 Å². The van der Waals surface area contributed by atoms with Crippen molar-refractivity contribution in [2.45, 2.75) is 59.5 Å². The van der Waals surface area contributed by atoms with Gasteiger partial charge in [-0.1, -0.05) is 6.08 Å². The molecule has 0 aliphatic carbocycles. The number of nitrogens with zero attached hydrogens (tertiary/aromatic N) is 2. The van der Waals surface area contributed by atoms with Gasteiger partial charge in [0.25, 0.3) is 11.5 Å². The average Bonchev–Trinajstić information content (AvgIpc) is 2.91. The van der Waals surface area contributed by atoms with Gasteiger partial charge in [0, 0.05) is 55.3 Å². The Kier molecular flexibility index (Phi) is 8.96. The van der Waals surface area contributed by atoms with E-state index < -0.39 is 0 Å². The highest BCUT2D eigenvalue weighted by atomic mass is 16.2. The van der Waals surface area contributed by atoms with E-state index in [4.69, 9.17) is 10.4 Å². The van der Waals surface area contributed by atoms with Gasteiger partial charge in [-0.05, 0) is 76.8 Å². The van der Waals surface area contributed by atoms with Crippen molar-refractivity contribution in [2.24, 2.45) is 5.92 Å². The molecule has 1 atom stereocenters. The first-order valence-electron chi connectivity index (χ1n) is 13.7. The van der Waals surface area contributed by atoms with Crippen LogP contribution in [0.2, 0.25) is 0 Å². The van der Waals surface area contributed by atoms with Crippen LogP contribution in [0.5, 0.6) is 0 Å². The summed E-state index contributed by atoms with van der Waals surface area (Å²) < 4.78 is 0. The van der Waals surface area contributed by atoms with Gasteiger partial charge in [-0.3, -0.25) is 14.4 Å². The molecule has 5 N–H and O–H groups in total. The summed E-state index contributed by atoms with van der Waals surface area (Å²) >= 11 is 0. The molecular formula is C29H39N7O3. The van der Waals surface area contributed by atoms with Gasteiger partial charge in [-0.25, -0.2) is 4.98 Å². The molecule has 208 valence electrons. The molecule has 0 aromatic carbocycles. The highest BCUT2D eigenvalue weighted by molar-refractivity contribution is 6.05. The van der Waals surface area contributed by atoms with Gasteiger partial charge in [0.2, 0.25) is 5.91 Å². The molecular weight excluding hydrogens is 494 g/mol. The molecule has 10 heteroatoms. The van der Waals surface area contributed by atoms with Crippen molar-refractivity contribution < 1.29 is 9.59 Å². The number of carbonyl (C=O) groups excluding carboxylic acids is 2. The fourth-order valence-electron chi connectivity index (χ4n) is 5.22. The lowest BCUT2D eigenvalue weighted by atomic mass is 9.96. The molecule has 2 amide bonds. The summed E-state index contributed by atoms with van der Waals surface area (Å²) in [6, 6.07) is 3.62. The second-order valence-corrected chi connectivity index (χ2v) is 10.7. The van der Waals surface area contributed by atoms with Crippen molar-refractivity contribution >= 4 is 29.4 Å². The number of aromatic amines is 1. The minimum atomic E-state index is -0.388. The van der Waals surface area contributed by atoms with Crippen LogP contribution in [-0.2, 0) is 11.3 Å². The highest BCUT2D eigenvalue weighted by Crippen LogP contribution is 2.28. The monoisotopic (exact) mass is 533 g/mol. The number of aromatic nitrogens is 2. The summed E-state index contributed by atoms with van der Waals surface area (Å²) in [5.74, 6) is 0.287. The van der Waals surface area contributed by atoms with E-state index in [1.54, 1.807) is 6.07 Å². The third-order valence-electron chi connectivity index (χ3n) is 7.29. The number of pyridine rings is 2. The number of nitrogens with one attached hydrogen (secondary N) is 5. The lowest BCUT2D eigenvalue weighted by Gasteiger charge is -2.32. The van der Waals surface area contributed by atoms with E-state index in [0.717, 1.165) is 49.0 Å². The Balaban J connectivity index is 1.59. The summed E-state index contributed by atoms with van der Waals surface area (Å²) in [6.45, 7) is 10.5. The van der Waals surface area contributed by atoms with E-state index >= 15 is 0 Å². The van der Waals surface area contributed by atoms with Gasteiger partial charge >= 0.3 is 0 Å². The Morgan fingerprint density at radius 1 is 1.28 bits per heavy atom. The van der Waals surface area contributed by atoms with Crippen molar-refractivity contribution in [1.29, 1.82) is 5.41 Å². The zero-order valence-corrected chi connectivity index (χ0v) is 23.2. The standard InChI is InChI=1S/C29H39N7O3/c1-17(2)33-26-23(14-30)22(27(37)32-16-24-18(3)12-19(4)34-28(24)38)13-25(35-26)20-7-10-36(11-8-20)29(39)21-6-5-9-31-15-21/h7,12-14,17,21,30-31H,5-6,8-11,15-16H2,1-4H3,(H,32,37)(H,33,35)(H,34,38). The van der Waals surface area contributed by atoms with Crippen LogP contribution < -0.4 is 21.5 Å². The zero-order chi connectivity index (χ0) is 28.1. The van der Waals surface area contributed by atoms with Crippen LogP contribution in [0.25, 0.3) is 5.57 Å². The number of hydrogen-bond donors (Lipinski definition) is 5. The molecule has 0 bridgehead atoms. The van der Waals surface area contributed by atoms with Crippen molar-refractivity contribution in [2.75, 3.05) is 31.5 Å². The predicted molar refractivity (Wildman–Crippen MR) is 153 cm³/mol. The van der Waals surface area contributed by atoms with E-state index in [0.29, 0.717) is 47.7 Å². The molecule has 1 saturated heterocycles. The average molecular weight is 534 g/mol. The Labute approximate surface area is 229 Å². The van der Waals surface area contributed by atoms with Gasteiger partial charge in [-0.2, -0.15) is 0 Å². The number of hydrogen-bond acceptors (Lipinski definition) is 7. The molecule has 2 aliphatic heterocycles. The van der Waals surface area contributed by atoms with Crippen LogP contribution in [0.4, 0.5) is 5.82 Å². The van der Waals surface area contributed by atoms with Crippen LogP contribution >= 0.6 is 0 Å². The molecule has 1 fully saturated rings. The molecule has 2 aromatic rings. The molecule has 0 saturated carbocycles. The summed E-state index contributed by atoms with van der Waals surface area (Å²) in [5, 5.41) is 17.5. The number of H-pyrrole nitrogens is 1. The van der Waals surface area contributed by atoms with Crippen LogP contribution in [0.15, 0.2) is 23.0 Å². The maximum Gasteiger partial charge on any atom is 0.253 e. The van der Waals surface area contributed by atoms with E-state index in [1.807, 2.05) is 44.7 Å². The number of piperidine rings is 1. The second kappa shape index (κ2) is 12.4. The van der Waals surface area contributed by atoms with Gasteiger partial charge in [0.15, 0.2) is 0 Å². The van der Waals surface area contributed by atoms with Crippen LogP contribution in [-0.4, -0.2) is 65.1 Å². The van der Waals surface area contributed by atoms with Crippen molar-refractivity contribution in [3.8, 4) is 0 Å². The number of amides is 2. The first kappa shape index (κ1) is 28.2. The molecule has 10 nitrogen and oxygen atoms in total. The molecule has 4 rings (SSSR count). The first-order chi connectivity index (χ1) is 18.7. The Bertz CT molecular complexity index is 1340. The highest BCUT2D eigenvalue weighted by Gasteiger charge is 2.28. The molecule has 39 heavy (non-hydrogen) atoms. The maximum atomic E-state index is 13.4. The van der Waals surface area contributed by atoms with Crippen LogP contribution in [0, 0.1) is 25.2 Å². The summed E-state index contributed by atoms with van der Waals surface area (Å²) in [5.41, 5.74) is 4.13. The van der Waals surface area contributed by atoms with Crippen molar-refractivity contribution in [1.82, 2.24) is 25.5 Å². The summed E-state index contributed by atoms with van der Waals surface area (Å²) in [6.07, 6.45) is 5.71. The predicted octanol–water partition coefficient (Wildman–Crippen LogP) is 2.75. The third kappa shape index (κ3) is 6.62.